The van der Waals surface area contributed by atoms with Crippen molar-refractivity contribution in [2.75, 3.05) is 51.7 Å². The number of aryl methyl sites for hydroxylation is 2. The van der Waals surface area contributed by atoms with E-state index in [-0.39, 0.29) is 11.5 Å². The Kier molecular flexibility index (Phi) is 6.28. The van der Waals surface area contributed by atoms with Crippen molar-refractivity contribution in [1.29, 1.82) is 0 Å². The summed E-state index contributed by atoms with van der Waals surface area (Å²) in [5.41, 5.74) is 0.660. The summed E-state index contributed by atoms with van der Waals surface area (Å²) in [5.74, 6) is 0.692. The van der Waals surface area contributed by atoms with E-state index in [0.717, 1.165) is 50.7 Å². The van der Waals surface area contributed by atoms with Gasteiger partial charge in [0.25, 0.3) is 11.5 Å². The number of carbonyl (C=O) groups is 1. The van der Waals surface area contributed by atoms with Gasteiger partial charge < -0.3 is 9.80 Å². The standard InChI is InChI=1S/C21H27N7O2S/c1-15-16-18(31-17(15)20(30)25(2)3)24-14-28(19(16)29)9-5-8-26-10-12-27(13-11-26)21-22-6-4-7-23-21/h4,6-7,14H,5,8-13H2,1-3H3. The molecule has 9 nitrogen and oxygen atoms in total. The number of hydrogen-bond acceptors (Lipinski definition) is 8. The summed E-state index contributed by atoms with van der Waals surface area (Å²) in [6, 6.07) is 1.83. The normalized spacial score (nSPS) is 14.9. The molecule has 3 aromatic heterocycles. The van der Waals surface area contributed by atoms with Crippen LogP contribution < -0.4 is 10.5 Å². The number of anilines is 1. The van der Waals surface area contributed by atoms with Crippen LogP contribution in [0.25, 0.3) is 10.2 Å². The fraction of sp³-hybridized carbons (Fsp3) is 0.476. The van der Waals surface area contributed by atoms with Crippen LogP contribution in [0.2, 0.25) is 0 Å². The molecule has 0 bridgehead atoms. The average molecular weight is 442 g/mol. The third-order valence-corrected chi connectivity index (χ3v) is 6.79. The van der Waals surface area contributed by atoms with Crippen molar-refractivity contribution in [3.8, 4) is 0 Å². The summed E-state index contributed by atoms with van der Waals surface area (Å²) in [7, 11) is 3.43. The first-order chi connectivity index (χ1) is 15.0. The Hall–Kier alpha value is -2.85. The molecule has 0 saturated carbocycles. The van der Waals surface area contributed by atoms with E-state index in [0.29, 0.717) is 21.6 Å². The van der Waals surface area contributed by atoms with Gasteiger partial charge in [-0.15, -0.1) is 11.3 Å². The molecule has 0 atom stereocenters. The zero-order chi connectivity index (χ0) is 22.0. The predicted octanol–water partition coefficient (Wildman–Crippen LogP) is 1.47. The van der Waals surface area contributed by atoms with Gasteiger partial charge in [-0.2, -0.15) is 0 Å². The van der Waals surface area contributed by atoms with Gasteiger partial charge in [-0.25, -0.2) is 15.0 Å². The predicted molar refractivity (Wildman–Crippen MR) is 122 cm³/mol. The molecule has 4 rings (SSSR count). The fourth-order valence-corrected chi connectivity index (χ4v) is 4.98. The number of nitrogens with zero attached hydrogens (tertiary/aromatic N) is 7. The van der Waals surface area contributed by atoms with Gasteiger partial charge in [0.1, 0.15) is 4.83 Å². The minimum absolute atomic E-state index is 0.0670. The van der Waals surface area contributed by atoms with Crippen molar-refractivity contribution in [2.45, 2.75) is 19.9 Å². The summed E-state index contributed by atoms with van der Waals surface area (Å²) >= 11 is 1.29. The highest BCUT2D eigenvalue weighted by Crippen LogP contribution is 2.27. The molecule has 31 heavy (non-hydrogen) atoms. The highest BCUT2D eigenvalue weighted by atomic mass is 32.1. The van der Waals surface area contributed by atoms with Crippen molar-refractivity contribution in [1.82, 2.24) is 29.3 Å². The third-order valence-electron chi connectivity index (χ3n) is 5.60. The van der Waals surface area contributed by atoms with Gasteiger partial charge in [-0.3, -0.25) is 19.1 Å². The molecule has 0 unspecified atom stereocenters. The van der Waals surface area contributed by atoms with Crippen LogP contribution in [0, 0.1) is 6.92 Å². The summed E-state index contributed by atoms with van der Waals surface area (Å²) < 4.78 is 1.67. The van der Waals surface area contributed by atoms with E-state index >= 15 is 0 Å². The van der Waals surface area contributed by atoms with Crippen LogP contribution >= 0.6 is 11.3 Å². The van der Waals surface area contributed by atoms with Crippen LogP contribution in [0.15, 0.2) is 29.6 Å². The molecule has 3 aromatic rings. The molecule has 0 aliphatic carbocycles. The highest BCUT2D eigenvalue weighted by Gasteiger charge is 2.21. The van der Waals surface area contributed by atoms with Crippen molar-refractivity contribution < 1.29 is 4.79 Å². The Morgan fingerprint density at radius 3 is 2.48 bits per heavy atom. The van der Waals surface area contributed by atoms with Crippen molar-refractivity contribution in [3.05, 3.63) is 45.6 Å². The number of rotatable bonds is 6. The van der Waals surface area contributed by atoms with E-state index in [1.807, 2.05) is 13.0 Å². The molecule has 1 aliphatic rings. The second kappa shape index (κ2) is 9.11. The molecule has 1 fully saturated rings. The monoisotopic (exact) mass is 441 g/mol. The van der Waals surface area contributed by atoms with E-state index in [1.165, 1.54) is 16.2 Å². The molecule has 0 N–H and O–H groups in total. The molecular formula is C21H27N7O2S. The van der Waals surface area contributed by atoms with Crippen molar-refractivity contribution in [3.63, 3.8) is 0 Å². The summed E-state index contributed by atoms with van der Waals surface area (Å²) in [6.45, 7) is 7.05. The molecule has 0 spiro atoms. The maximum absolute atomic E-state index is 13.0. The lowest BCUT2D eigenvalue weighted by Crippen LogP contribution is -2.47. The zero-order valence-electron chi connectivity index (χ0n) is 18.1. The fourth-order valence-electron chi connectivity index (χ4n) is 3.82. The molecule has 0 radical (unpaired) electrons. The van der Waals surface area contributed by atoms with Crippen LogP contribution in [0.3, 0.4) is 0 Å². The van der Waals surface area contributed by atoms with E-state index in [4.69, 9.17) is 0 Å². The second-order valence-corrected chi connectivity index (χ2v) is 8.91. The van der Waals surface area contributed by atoms with Gasteiger partial charge in [-0.1, -0.05) is 0 Å². The smallest absolute Gasteiger partial charge is 0.263 e. The lowest BCUT2D eigenvalue weighted by molar-refractivity contribution is 0.0831. The molecule has 0 aromatic carbocycles. The van der Waals surface area contributed by atoms with Gasteiger partial charge in [-0.05, 0) is 31.5 Å². The van der Waals surface area contributed by atoms with Gasteiger partial charge in [0, 0.05) is 59.2 Å². The quantitative estimate of drug-likeness (QED) is 0.572. The van der Waals surface area contributed by atoms with Gasteiger partial charge in [0.2, 0.25) is 5.95 Å². The molecule has 164 valence electrons. The first-order valence-corrected chi connectivity index (χ1v) is 11.2. The summed E-state index contributed by atoms with van der Waals surface area (Å²) in [6.07, 6.45) is 6.01. The number of thiophene rings is 1. The number of amides is 1. The number of fused-ring (bicyclic) bond motifs is 1. The van der Waals surface area contributed by atoms with Crippen molar-refractivity contribution in [2.24, 2.45) is 0 Å². The van der Waals surface area contributed by atoms with E-state index in [9.17, 15) is 9.59 Å². The van der Waals surface area contributed by atoms with E-state index in [2.05, 4.69) is 24.8 Å². The van der Waals surface area contributed by atoms with Crippen LogP contribution in [-0.4, -0.2) is 82.0 Å². The average Bonchev–Trinajstić information content (AvgIpc) is 3.12. The zero-order valence-corrected chi connectivity index (χ0v) is 18.9. The number of piperazine rings is 1. The summed E-state index contributed by atoms with van der Waals surface area (Å²) in [5, 5.41) is 0.564. The number of aromatic nitrogens is 4. The Balaban J connectivity index is 1.36. The topological polar surface area (TPSA) is 87.5 Å². The molecule has 1 saturated heterocycles. The Morgan fingerprint density at radius 2 is 1.81 bits per heavy atom. The first-order valence-electron chi connectivity index (χ1n) is 10.4. The second-order valence-electron chi connectivity index (χ2n) is 7.91. The maximum Gasteiger partial charge on any atom is 0.263 e. The maximum atomic E-state index is 13.0. The van der Waals surface area contributed by atoms with Gasteiger partial charge in [0.05, 0.1) is 16.6 Å². The van der Waals surface area contributed by atoms with Crippen molar-refractivity contribution >= 4 is 33.4 Å². The highest BCUT2D eigenvalue weighted by molar-refractivity contribution is 7.20. The lowest BCUT2D eigenvalue weighted by Gasteiger charge is -2.34. The minimum atomic E-state index is -0.0912. The van der Waals surface area contributed by atoms with Crippen LogP contribution in [0.1, 0.15) is 21.7 Å². The molecule has 1 amide bonds. The van der Waals surface area contributed by atoms with Crippen LogP contribution in [0.5, 0.6) is 0 Å². The third kappa shape index (κ3) is 4.45. The molecule has 1 aliphatic heterocycles. The summed E-state index contributed by atoms with van der Waals surface area (Å²) in [4.78, 5) is 45.8. The van der Waals surface area contributed by atoms with Crippen LogP contribution in [-0.2, 0) is 6.54 Å². The number of carbonyl (C=O) groups excluding carboxylic acids is 1. The van der Waals surface area contributed by atoms with Gasteiger partial charge >= 0.3 is 0 Å². The number of hydrogen-bond donors (Lipinski definition) is 0. The van der Waals surface area contributed by atoms with Crippen LogP contribution in [0.4, 0.5) is 5.95 Å². The van der Waals surface area contributed by atoms with Gasteiger partial charge in [0.15, 0.2) is 0 Å². The van der Waals surface area contributed by atoms with E-state index in [1.54, 1.807) is 37.4 Å². The minimum Gasteiger partial charge on any atom is -0.344 e. The SMILES string of the molecule is Cc1c(C(=O)N(C)C)sc2ncn(CCCN3CCN(c4ncccn4)CC3)c(=O)c12. The molecular weight excluding hydrogens is 414 g/mol. The Bertz CT molecular complexity index is 1120. The Labute approximate surface area is 185 Å². The largest absolute Gasteiger partial charge is 0.344 e. The Morgan fingerprint density at radius 1 is 1.10 bits per heavy atom. The molecule has 4 heterocycles. The lowest BCUT2D eigenvalue weighted by atomic mass is 10.2. The molecule has 10 heteroatoms. The first kappa shape index (κ1) is 21.4. The van der Waals surface area contributed by atoms with E-state index < -0.39 is 0 Å².